The number of rotatable bonds is 7. The highest BCUT2D eigenvalue weighted by molar-refractivity contribution is 14.1. The first-order chi connectivity index (χ1) is 13.9. The molecule has 0 aliphatic carbocycles. The van der Waals surface area contributed by atoms with Crippen LogP contribution in [0.4, 0.5) is 23.0 Å². The molecule has 0 radical (unpaired) electrons. The van der Waals surface area contributed by atoms with Gasteiger partial charge in [0.05, 0.1) is 5.02 Å². The van der Waals surface area contributed by atoms with Crippen molar-refractivity contribution in [2.75, 3.05) is 23.1 Å². The SMILES string of the molecule is Nc1c(NNC(=O)COc2ccc(Cl)cc2Cl)ncnc1Nc1ccc(I)cc1. The average molecular weight is 545 g/mol. The van der Waals surface area contributed by atoms with Crippen LogP contribution in [0.3, 0.4) is 0 Å². The number of nitrogens with one attached hydrogen (secondary N) is 3. The Morgan fingerprint density at radius 3 is 2.55 bits per heavy atom. The maximum atomic E-state index is 12.0. The molecule has 8 nitrogen and oxygen atoms in total. The van der Waals surface area contributed by atoms with Crippen molar-refractivity contribution in [1.82, 2.24) is 15.4 Å². The van der Waals surface area contributed by atoms with Crippen LogP contribution in [-0.2, 0) is 4.79 Å². The van der Waals surface area contributed by atoms with E-state index in [0.717, 1.165) is 9.26 Å². The standard InChI is InChI=1S/C18H15Cl2IN6O2/c19-10-1-6-14(13(20)7-10)29-8-15(28)26-27-18-16(22)17(23-9-24-18)25-12-4-2-11(21)3-5-12/h1-7,9H,8,22H2,(H,26,28)(H2,23,24,25,27). The molecule has 1 aromatic heterocycles. The topological polar surface area (TPSA) is 114 Å². The fourth-order valence-electron chi connectivity index (χ4n) is 2.17. The number of halogens is 3. The van der Waals surface area contributed by atoms with Gasteiger partial charge in [-0.15, -0.1) is 0 Å². The number of nitrogen functional groups attached to an aromatic ring is 1. The van der Waals surface area contributed by atoms with Crippen LogP contribution in [0.25, 0.3) is 0 Å². The molecule has 29 heavy (non-hydrogen) atoms. The minimum atomic E-state index is -0.457. The van der Waals surface area contributed by atoms with Crippen LogP contribution in [0.15, 0.2) is 48.8 Å². The number of anilines is 4. The number of hydrogen-bond donors (Lipinski definition) is 4. The first-order valence-corrected chi connectivity index (χ1v) is 10.0. The van der Waals surface area contributed by atoms with Gasteiger partial charge < -0.3 is 15.8 Å². The lowest BCUT2D eigenvalue weighted by atomic mass is 10.3. The summed E-state index contributed by atoms with van der Waals surface area (Å²) in [5.41, 5.74) is 12.3. The Hall–Kier alpha value is -2.50. The Kier molecular flexibility index (Phi) is 7.18. The molecule has 11 heteroatoms. The summed E-state index contributed by atoms with van der Waals surface area (Å²) in [4.78, 5) is 20.2. The fourth-order valence-corrected chi connectivity index (χ4v) is 2.99. The van der Waals surface area contributed by atoms with Crippen LogP contribution in [0.1, 0.15) is 0 Å². The van der Waals surface area contributed by atoms with E-state index in [9.17, 15) is 4.79 Å². The normalized spacial score (nSPS) is 10.3. The maximum absolute atomic E-state index is 12.0. The van der Waals surface area contributed by atoms with Crippen molar-refractivity contribution < 1.29 is 9.53 Å². The van der Waals surface area contributed by atoms with Crippen LogP contribution in [-0.4, -0.2) is 22.5 Å². The summed E-state index contributed by atoms with van der Waals surface area (Å²) < 4.78 is 6.47. The van der Waals surface area contributed by atoms with Crippen molar-refractivity contribution >= 4 is 74.7 Å². The third-order valence-electron chi connectivity index (χ3n) is 3.56. The molecule has 1 heterocycles. The van der Waals surface area contributed by atoms with Crippen LogP contribution >= 0.6 is 45.8 Å². The molecule has 3 aromatic rings. The minimum absolute atomic E-state index is 0.242. The Morgan fingerprint density at radius 1 is 1.10 bits per heavy atom. The molecule has 0 bridgehead atoms. The van der Waals surface area contributed by atoms with E-state index in [4.69, 9.17) is 33.7 Å². The van der Waals surface area contributed by atoms with E-state index in [0.29, 0.717) is 21.6 Å². The van der Waals surface area contributed by atoms with Gasteiger partial charge in [-0.25, -0.2) is 9.97 Å². The Bertz CT molecular complexity index is 1020. The highest BCUT2D eigenvalue weighted by Gasteiger charge is 2.11. The van der Waals surface area contributed by atoms with Crippen molar-refractivity contribution in [3.63, 3.8) is 0 Å². The Labute approximate surface area is 190 Å². The fraction of sp³-hybridized carbons (Fsp3) is 0.0556. The number of aromatic nitrogens is 2. The molecule has 1 amide bonds. The van der Waals surface area contributed by atoms with E-state index in [-0.39, 0.29) is 18.1 Å². The van der Waals surface area contributed by atoms with Crippen molar-refractivity contribution in [2.24, 2.45) is 0 Å². The number of ether oxygens (including phenoxy) is 1. The third-order valence-corrected chi connectivity index (χ3v) is 4.81. The van der Waals surface area contributed by atoms with E-state index < -0.39 is 5.91 Å². The van der Waals surface area contributed by atoms with Crippen LogP contribution in [0.2, 0.25) is 10.0 Å². The smallest absolute Gasteiger partial charge is 0.276 e. The van der Waals surface area contributed by atoms with E-state index in [1.54, 1.807) is 12.1 Å². The average Bonchev–Trinajstić information content (AvgIpc) is 2.69. The summed E-state index contributed by atoms with van der Waals surface area (Å²) in [5.74, 6) is 0.533. The molecule has 5 N–H and O–H groups in total. The number of carbonyl (C=O) groups is 1. The van der Waals surface area contributed by atoms with Crippen molar-refractivity contribution in [1.29, 1.82) is 0 Å². The molecule has 0 aliphatic heterocycles. The monoisotopic (exact) mass is 544 g/mol. The van der Waals surface area contributed by atoms with Crippen LogP contribution in [0, 0.1) is 3.57 Å². The maximum Gasteiger partial charge on any atom is 0.276 e. The molecular weight excluding hydrogens is 530 g/mol. The number of amides is 1. The molecule has 150 valence electrons. The Morgan fingerprint density at radius 2 is 1.83 bits per heavy atom. The van der Waals surface area contributed by atoms with E-state index in [1.165, 1.54) is 12.4 Å². The number of hydrazine groups is 1. The van der Waals surface area contributed by atoms with Gasteiger partial charge in [0.25, 0.3) is 5.91 Å². The number of carbonyl (C=O) groups excluding carboxylic acids is 1. The molecule has 0 saturated carbocycles. The lowest BCUT2D eigenvalue weighted by molar-refractivity contribution is -0.122. The second-order valence-corrected chi connectivity index (χ2v) is 7.74. The molecule has 0 aliphatic rings. The van der Waals surface area contributed by atoms with Crippen LogP contribution < -0.4 is 26.6 Å². The zero-order valence-corrected chi connectivity index (χ0v) is 18.4. The largest absolute Gasteiger partial charge is 0.482 e. The molecule has 0 unspecified atom stereocenters. The minimum Gasteiger partial charge on any atom is -0.482 e. The van der Waals surface area contributed by atoms with Crippen molar-refractivity contribution in [2.45, 2.75) is 0 Å². The van der Waals surface area contributed by atoms with Gasteiger partial charge in [-0.3, -0.25) is 15.6 Å². The molecule has 0 atom stereocenters. The highest BCUT2D eigenvalue weighted by atomic mass is 127. The van der Waals surface area contributed by atoms with Crippen molar-refractivity contribution in [3.05, 3.63) is 62.4 Å². The Balaban J connectivity index is 1.57. The summed E-state index contributed by atoms with van der Waals surface area (Å²) in [6.45, 7) is -0.271. The van der Waals surface area contributed by atoms with Gasteiger partial charge in [0.1, 0.15) is 17.8 Å². The van der Waals surface area contributed by atoms with Gasteiger partial charge in [-0.05, 0) is 65.1 Å². The number of benzene rings is 2. The molecular formula is C18H15Cl2IN6O2. The molecule has 0 fully saturated rings. The van der Waals surface area contributed by atoms with E-state index in [2.05, 4.69) is 48.7 Å². The molecule has 0 spiro atoms. The van der Waals surface area contributed by atoms with Gasteiger partial charge in [-0.2, -0.15) is 0 Å². The predicted molar refractivity (Wildman–Crippen MR) is 123 cm³/mol. The zero-order valence-electron chi connectivity index (χ0n) is 14.7. The molecule has 2 aromatic carbocycles. The lowest BCUT2D eigenvalue weighted by Crippen LogP contribution is -2.34. The lowest BCUT2D eigenvalue weighted by Gasteiger charge is -2.13. The first kappa shape index (κ1) is 21.2. The summed E-state index contributed by atoms with van der Waals surface area (Å²) in [6, 6.07) is 12.4. The summed E-state index contributed by atoms with van der Waals surface area (Å²) in [7, 11) is 0. The molecule has 0 saturated heterocycles. The third kappa shape index (κ3) is 5.99. The van der Waals surface area contributed by atoms with Gasteiger partial charge in [0.2, 0.25) is 0 Å². The summed E-state index contributed by atoms with van der Waals surface area (Å²) >= 11 is 14.0. The van der Waals surface area contributed by atoms with Crippen LogP contribution in [0.5, 0.6) is 5.75 Å². The van der Waals surface area contributed by atoms with Gasteiger partial charge in [-0.1, -0.05) is 23.2 Å². The van der Waals surface area contributed by atoms with Gasteiger partial charge in [0.15, 0.2) is 18.2 Å². The number of nitrogens with zero attached hydrogens (tertiary/aromatic N) is 2. The van der Waals surface area contributed by atoms with E-state index in [1.807, 2.05) is 24.3 Å². The number of nitrogens with two attached hydrogens (primary N) is 1. The first-order valence-electron chi connectivity index (χ1n) is 8.18. The highest BCUT2D eigenvalue weighted by Crippen LogP contribution is 2.27. The zero-order chi connectivity index (χ0) is 20.8. The quantitative estimate of drug-likeness (QED) is 0.260. The molecule has 3 rings (SSSR count). The second kappa shape index (κ2) is 9.81. The predicted octanol–water partition coefficient (Wildman–Crippen LogP) is 4.24. The van der Waals surface area contributed by atoms with Crippen molar-refractivity contribution in [3.8, 4) is 5.75 Å². The van der Waals surface area contributed by atoms with E-state index >= 15 is 0 Å². The van der Waals surface area contributed by atoms with Gasteiger partial charge in [0, 0.05) is 14.3 Å². The van der Waals surface area contributed by atoms with Gasteiger partial charge >= 0.3 is 0 Å². The number of hydrogen-bond acceptors (Lipinski definition) is 7. The second-order valence-electron chi connectivity index (χ2n) is 5.65. The summed E-state index contributed by atoms with van der Waals surface area (Å²) in [6.07, 6.45) is 1.32. The summed E-state index contributed by atoms with van der Waals surface area (Å²) in [5, 5.41) is 3.89.